The van der Waals surface area contributed by atoms with Gasteiger partial charge >= 0.3 is 0 Å². The third-order valence-electron chi connectivity index (χ3n) is 3.93. The van der Waals surface area contributed by atoms with Crippen LogP contribution in [0.3, 0.4) is 0 Å². The fourth-order valence-corrected chi connectivity index (χ4v) is 2.66. The molecule has 6 nitrogen and oxygen atoms in total. The molecule has 19 heavy (non-hydrogen) atoms. The van der Waals surface area contributed by atoms with Crippen LogP contribution in [0.25, 0.3) is 11.1 Å². The molecule has 0 atom stereocenters. The van der Waals surface area contributed by atoms with E-state index in [1.807, 2.05) is 0 Å². The van der Waals surface area contributed by atoms with E-state index in [9.17, 15) is 4.79 Å². The van der Waals surface area contributed by atoms with E-state index in [0.717, 1.165) is 13.0 Å². The Hall–Kier alpha value is -2.08. The van der Waals surface area contributed by atoms with Crippen molar-refractivity contribution in [2.24, 2.45) is 5.73 Å². The van der Waals surface area contributed by atoms with Crippen LogP contribution in [0.1, 0.15) is 16.8 Å². The van der Waals surface area contributed by atoms with E-state index < -0.39 is 5.91 Å². The smallest absolute Gasteiger partial charge is 0.299 e. The highest BCUT2D eigenvalue weighted by atomic mass is 16.5. The van der Waals surface area contributed by atoms with Crippen LogP contribution in [0.4, 0.5) is 6.01 Å². The zero-order chi connectivity index (χ0) is 13.0. The van der Waals surface area contributed by atoms with Gasteiger partial charge in [0.2, 0.25) is 0 Å². The minimum atomic E-state index is -0.546. The highest BCUT2D eigenvalue weighted by Gasteiger charge is 2.52. The first kappa shape index (κ1) is 10.8. The Labute approximate surface area is 109 Å². The number of oxazole rings is 1. The molecule has 2 aliphatic heterocycles. The molecule has 4 rings (SSSR count). The number of benzene rings is 1. The quantitative estimate of drug-likeness (QED) is 0.857. The zero-order valence-electron chi connectivity index (χ0n) is 10.2. The first-order chi connectivity index (χ1) is 9.20. The van der Waals surface area contributed by atoms with Crippen LogP contribution in [0.5, 0.6) is 0 Å². The standard InChI is InChI=1S/C13H12N3O3/c14-11(17)8-2-1-3-9-10(8)15-12(19-9)16-5-4-13(16)6-18-7-13/h1,3H,4-7H2,(H2,14,17). The lowest BCUT2D eigenvalue weighted by atomic mass is 9.83. The van der Waals surface area contributed by atoms with Gasteiger partial charge < -0.3 is 19.8 Å². The molecule has 3 heterocycles. The number of nitrogens with zero attached hydrogens (tertiary/aromatic N) is 2. The summed E-state index contributed by atoms with van der Waals surface area (Å²) in [5, 5.41) is 0. The molecule has 2 N–H and O–H groups in total. The first-order valence-corrected chi connectivity index (χ1v) is 6.16. The van der Waals surface area contributed by atoms with Gasteiger partial charge in [-0.1, -0.05) is 0 Å². The third-order valence-corrected chi connectivity index (χ3v) is 3.93. The molecule has 97 valence electrons. The monoisotopic (exact) mass is 258 g/mol. The number of primary amides is 1. The van der Waals surface area contributed by atoms with E-state index in [2.05, 4.69) is 16.0 Å². The maximum Gasteiger partial charge on any atom is 0.299 e. The minimum Gasteiger partial charge on any atom is -0.423 e. The third kappa shape index (κ3) is 1.34. The van der Waals surface area contributed by atoms with Crippen LogP contribution in [-0.2, 0) is 4.74 Å². The average molecular weight is 258 g/mol. The molecule has 0 saturated carbocycles. The molecule has 1 radical (unpaired) electrons. The normalized spacial score (nSPS) is 20.3. The van der Waals surface area contributed by atoms with E-state index in [1.54, 1.807) is 12.1 Å². The van der Waals surface area contributed by atoms with Crippen molar-refractivity contribution in [3.8, 4) is 0 Å². The Balaban J connectivity index is 1.80. The van der Waals surface area contributed by atoms with Crippen LogP contribution in [0, 0.1) is 6.07 Å². The van der Waals surface area contributed by atoms with Gasteiger partial charge in [0.15, 0.2) is 5.58 Å². The largest absolute Gasteiger partial charge is 0.423 e. The van der Waals surface area contributed by atoms with Crippen LogP contribution in [-0.4, -0.2) is 36.2 Å². The van der Waals surface area contributed by atoms with Crippen molar-refractivity contribution >= 4 is 23.0 Å². The fourth-order valence-electron chi connectivity index (χ4n) is 2.66. The van der Waals surface area contributed by atoms with Gasteiger partial charge in [-0.3, -0.25) is 4.79 Å². The topological polar surface area (TPSA) is 81.6 Å². The number of ether oxygens (including phenoxy) is 1. The van der Waals surface area contributed by atoms with E-state index in [1.165, 1.54) is 0 Å². The summed E-state index contributed by atoms with van der Waals surface area (Å²) >= 11 is 0. The minimum absolute atomic E-state index is 0.0531. The average Bonchev–Trinajstić information content (AvgIpc) is 2.67. The second-order valence-electron chi connectivity index (χ2n) is 5.04. The lowest BCUT2D eigenvalue weighted by Gasteiger charge is -2.56. The van der Waals surface area contributed by atoms with E-state index in [-0.39, 0.29) is 11.1 Å². The van der Waals surface area contributed by atoms with Crippen molar-refractivity contribution in [3.63, 3.8) is 0 Å². The molecule has 1 aromatic heterocycles. The highest BCUT2D eigenvalue weighted by Crippen LogP contribution is 2.41. The number of anilines is 1. The predicted molar refractivity (Wildman–Crippen MR) is 66.9 cm³/mol. The molecule has 2 fully saturated rings. The van der Waals surface area contributed by atoms with Crippen LogP contribution in [0.2, 0.25) is 0 Å². The molecule has 1 amide bonds. The van der Waals surface area contributed by atoms with E-state index in [0.29, 0.717) is 30.3 Å². The number of aromatic nitrogens is 1. The predicted octanol–water partition coefficient (Wildman–Crippen LogP) is 0.706. The van der Waals surface area contributed by atoms with Crippen LogP contribution < -0.4 is 10.6 Å². The van der Waals surface area contributed by atoms with Crippen molar-refractivity contribution in [2.75, 3.05) is 24.7 Å². The lowest BCUT2D eigenvalue weighted by Crippen LogP contribution is -2.71. The van der Waals surface area contributed by atoms with Gasteiger partial charge in [0.05, 0.1) is 24.3 Å². The van der Waals surface area contributed by atoms with Crippen molar-refractivity contribution in [1.82, 2.24) is 4.98 Å². The Kier molecular flexibility index (Phi) is 1.98. The fraction of sp³-hybridized carbons (Fsp3) is 0.385. The summed E-state index contributed by atoms with van der Waals surface area (Å²) < 4.78 is 11.0. The van der Waals surface area contributed by atoms with Crippen LogP contribution in [0.15, 0.2) is 16.5 Å². The van der Waals surface area contributed by atoms with Gasteiger partial charge in [-0.15, -0.1) is 0 Å². The lowest BCUT2D eigenvalue weighted by molar-refractivity contribution is -0.0870. The molecule has 0 unspecified atom stereocenters. The summed E-state index contributed by atoms with van der Waals surface area (Å²) in [5.41, 5.74) is 6.68. The number of fused-ring (bicyclic) bond motifs is 1. The summed E-state index contributed by atoms with van der Waals surface area (Å²) in [5.74, 6) is -0.546. The Bertz CT molecular complexity index is 669. The van der Waals surface area contributed by atoms with Crippen molar-refractivity contribution in [2.45, 2.75) is 12.0 Å². The Morgan fingerprint density at radius 2 is 2.37 bits per heavy atom. The number of amides is 1. The van der Waals surface area contributed by atoms with Gasteiger partial charge in [0.1, 0.15) is 5.52 Å². The molecule has 2 saturated heterocycles. The van der Waals surface area contributed by atoms with Gasteiger partial charge in [0.25, 0.3) is 11.9 Å². The SMILES string of the molecule is NC(=O)c1[c]ccc2oc(N3CCC34COC4)nc12. The first-order valence-electron chi connectivity index (χ1n) is 6.16. The maximum absolute atomic E-state index is 11.3. The summed E-state index contributed by atoms with van der Waals surface area (Å²) in [7, 11) is 0. The van der Waals surface area contributed by atoms with E-state index >= 15 is 0 Å². The molecule has 2 aliphatic rings. The zero-order valence-corrected chi connectivity index (χ0v) is 10.2. The second-order valence-corrected chi connectivity index (χ2v) is 5.04. The number of carbonyl (C=O) groups is 1. The highest BCUT2D eigenvalue weighted by molar-refractivity contribution is 6.03. The number of hydrogen-bond acceptors (Lipinski definition) is 5. The summed E-state index contributed by atoms with van der Waals surface area (Å²) in [6, 6.07) is 6.70. The molecule has 1 spiro atoms. The molecular weight excluding hydrogens is 246 g/mol. The molecule has 6 heteroatoms. The van der Waals surface area contributed by atoms with Gasteiger partial charge in [-0.2, -0.15) is 4.98 Å². The molecule has 0 aliphatic carbocycles. The van der Waals surface area contributed by atoms with Crippen LogP contribution >= 0.6 is 0 Å². The van der Waals surface area contributed by atoms with Crippen molar-refractivity contribution < 1.29 is 13.9 Å². The molecule has 2 aromatic rings. The summed E-state index contributed by atoms with van der Waals surface area (Å²) in [6.07, 6.45) is 1.08. The van der Waals surface area contributed by atoms with Gasteiger partial charge in [-0.05, 0) is 24.6 Å². The molecule has 0 bridgehead atoms. The number of carbonyl (C=O) groups excluding carboxylic acids is 1. The maximum atomic E-state index is 11.3. The summed E-state index contributed by atoms with van der Waals surface area (Å²) in [4.78, 5) is 17.9. The van der Waals surface area contributed by atoms with Gasteiger partial charge in [-0.25, -0.2) is 0 Å². The number of rotatable bonds is 2. The summed E-state index contributed by atoms with van der Waals surface area (Å²) in [6.45, 7) is 2.31. The van der Waals surface area contributed by atoms with Gasteiger partial charge in [0, 0.05) is 6.54 Å². The molecule has 1 aromatic carbocycles. The second kappa shape index (κ2) is 3.48. The molecular formula is C13H12N3O3. The number of nitrogens with two attached hydrogens (primary N) is 1. The Morgan fingerprint density at radius 3 is 2.95 bits per heavy atom. The van der Waals surface area contributed by atoms with Crippen molar-refractivity contribution in [1.29, 1.82) is 0 Å². The van der Waals surface area contributed by atoms with E-state index in [4.69, 9.17) is 14.9 Å². The Morgan fingerprint density at radius 1 is 1.53 bits per heavy atom. The number of hydrogen-bond donors (Lipinski definition) is 1. The van der Waals surface area contributed by atoms with Crippen molar-refractivity contribution in [3.05, 3.63) is 23.8 Å².